The van der Waals surface area contributed by atoms with Crippen LogP contribution in [0, 0.1) is 32.7 Å². The Morgan fingerprint density at radius 1 is 1.45 bits per heavy atom. The zero-order chi connectivity index (χ0) is 15.2. The Morgan fingerprint density at radius 2 is 2.15 bits per heavy atom. The molecule has 0 atom stereocenters. The molecule has 0 aliphatic rings. The Hall–Kier alpha value is -2.16. The van der Waals surface area contributed by atoms with Crippen molar-refractivity contribution in [3.8, 4) is 11.8 Å². The molecule has 0 amide bonds. The summed E-state index contributed by atoms with van der Waals surface area (Å²) in [7, 11) is 0. The molecule has 20 heavy (non-hydrogen) atoms. The number of rotatable bonds is 7. The number of nitriles is 1. The van der Waals surface area contributed by atoms with Crippen LogP contribution in [0.15, 0.2) is 18.2 Å². The number of hydrogen-bond donors (Lipinski definition) is 0. The van der Waals surface area contributed by atoms with Crippen molar-refractivity contribution in [2.75, 3.05) is 6.61 Å². The topological polar surface area (TPSA) is 76.2 Å². The van der Waals surface area contributed by atoms with Crippen molar-refractivity contribution in [3.63, 3.8) is 0 Å². The zero-order valence-electron chi connectivity index (χ0n) is 11.6. The minimum atomic E-state index is -0.604. The summed E-state index contributed by atoms with van der Waals surface area (Å²) in [6.45, 7) is 3.96. The molecule has 6 heteroatoms. The number of nitro benzene ring substituents is 1. The second-order valence-corrected chi connectivity index (χ2v) is 5.17. The molecular weight excluding hydrogens is 263 g/mol. The number of hydrogen-bond acceptors (Lipinski definition) is 4. The summed E-state index contributed by atoms with van der Waals surface area (Å²) in [5.74, 6) is -0.634. The fourth-order valence-corrected chi connectivity index (χ4v) is 1.66. The summed E-state index contributed by atoms with van der Waals surface area (Å²) in [6, 6.07) is 5.33. The van der Waals surface area contributed by atoms with Gasteiger partial charge in [-0.05, 0) is 39.2 Å². The van der Waals surface area contributed by atoms with Crippen LogP contribution in [-0.2, 0) is 0 Å². The third kappa shape index (κ3) is 4.84. The van der Waals surface area contributed by atoms with Gasteiger partial charge in [0.15, 0.2) is 5.75 Å². The number of nitrogens with zero attached hydrogens (tertiary/aromatic N) is 2. The lowest BCUT2D eigenvalue weighted by atomic mass is 9.89. The van der Waals surface area contributed by atoms with Crippen molar-refractivity contribution in [1.82, 2.24) is 0 Å². The van der Waals surface area contributed by atoms with Crippen LogP contribution in [0.3, 0.4) is 0 Å². The third-order valence-electron chi connectivity index (χ3n) is 2.87. The Balaban J connectivity index is 2.49. The summed E-state index contributed by atoms with van der Waals surface area (Å²) in [6.07, 6.45) is 2.14. The fourth-order valence-electron chi connectivity index (χ4n) is 1.66. The second-order valence-electron chi connectivity index (χ2n) is 5.17. The Bertz CT molecular complexity index is 524. The van der Waals surface area contributed by atoms with Gasteiger partial charge in [0.25, 0.3) is 0 Å². The van der Waals surface area contributed by atoms with Crippen LogP contribution in [0.5, 0.6) is 5.75 Å². The fraction of sp³-hybridized carbons (Fsp3) is 0.500. The minimum Gasteiger partial charge on any atom is -0.487 e. The molecule has 5 nitrogen and oxygen atoms in total. The maximum atomic E-state index is 13.0. The summed E-state index contributed by atoms with van der Waals surface area (Å²) in [5, 5.41) is 19.6. The number of halogens is 1. The van der Waals surface area contributed by atoms with Crippen molar-refractivity contribution in [3.05, 3.63) is 34.1 Å². The predicted octanol–water partition coefficient (Wildman–Crippen LogP) is 3.83. The van der Waals surface area contributed by atoms with Crippen LogP contribution in [0.4, 0.5) is 10.1 Å². The molecule has 0 saturated carbocycles. The van der Waals surface area contributed by atoms with Gasteiger partial charge in [0, 0.05) is 12.1 Å². The molecule has 0 spiro atoms. The molecule has 1 aromatic rings. The first kappa shape index (κ1) is 15.9. The lowest BCUT2D eigenvalue weighted by Crippen LogP contribution is -2.08. The van der Waals surface area contributed by atoms with Crippen LogP contribution < -0.4 is 4.74 Å². The van der Waals surface area contributed by atoms with Gasteiger partial charge in [-0.25, -0.2) is 4.39 Å². The van der Waals surface area contributed by atoms with Crippen molar-refractivity contribution < 1.29 is 14.1 Å². The number of unbranched alkanes of at least 4 members (excludes halogenated alkanes) is 1. The Morgan fingerprint density at radius 3 is 2.75 bits per heavy atom. The average molecular weight is 280 g/mol. The van der Waals surface area contributed by atoms with Crippen LogP contribution in [0.25, 0.3) is 0 Å². The van der Waals surface area contributed by atoms with E-state index in [9.17, 15) is 14.5 Å². The van der Waals surface area contributed by atoms with Gasteiger partial charge in [0.2, 0.25) is 0 Å². The number of ether oxygens (including phenoxy) is 1. The van der Waals surface area contributed by atoms with Gasteiger partial charge in [-0.3, -0.25) is 10.1 Å². The molecule has 0 fully saturated rings. The van der Waals surface area contributed by atoms with E-state index in [0.717, 1.165) is 31.0 Å². The highest BCUT2D eigenvalue weighted by molar-refractivity contribution is 5.46. The van der Waals surface area contributed by atoms with Crippen molar-refractivity contribution in [2.45, 2.75) is 33.1 Å². The van der Waals surface area contributed by atoms with E-state index in [2.05, 4.69) is 6.07 Å². The zero-order valence-corrected chi connectivity index (χ0v) is 11.6. The van der Waals surface area contributed by atoms with E-state index < -0.39 is 10.7 Å². The van der Waals surface area contributed by atoms with Crippen LogP contribution in [-0.4, -0.2) is 11.5 Å². The molecule has 0 aromatic heterocycles. The van der Waals surface area contributed by atoms with Crippen molar-refractivity contribution >= 4 is 5.69 Å². The maximum absolute atomic E-state index is 13.0. The molecular formula is C14H17FN2O3. The average Bonchev–Trinajstić information content (AvgIpc) is 2.38. The molecule has 0 radical (unpaired) electrons. The van der Waals surface area contributed by atoms with Crippen molar-refractivity contribution in [1.29, 1.82) is 5.26 Å². The van der Waals surface area contributed by atoms with Crippen LogP contribution in [0.1, 0.15) is 33.1 Å². The normalized spacial score (nSPS) is 10.9. The van der Waals surface area contributed by atoms with E-state index in [-0.39, 0.29) is 23.5 Å². The van der Waals surface area contributed by atoms with Gasteiger partial charge >= 0.3 is 5.69 Å². The van der Waals surface area contributed by atoms with Crippen LogP contribution >= 0.6 is 0 Å². The van der Waals surface area contributed by atoms with E-state index in [1.54, 1.807) is 0 Å². The van der Waals surface area contributed by atoms with Gasteiger partial charge in [-0.1, -0.05) is 0 Å². The van der Waals surface area contributed by atoms with Crippen LogP contribution in [0.2, 0.25) is 0 Å². The molecule has 0 bridgehead atoms. The van der Waals surface area contributed by atoms with E-state index in [1.165, 1.54) is 0 Å². The minimum absolute atomic E-state index is 0.0606. The van der Waals surface area contributed by atoms with E-state index in [1.807, 2.05) is 13.8 Å². The van der Waals surface area contributed by atoms with Gasteiger partial charge in [0.1, 0.15) is 5.82 Å². The molecule has 0 unspecified atom stereocenters. The standard InChI is InChI=1S/C14H17FN2O3/c1-14(2,10-16)7-3-4-8-20-13-9-11(15)5-6-12(13)17(18)19/h5-6,9H,3-4,7-8H2,1-2H3. The maximum Gasteiger partial charge on any atom is 0.311 e. The molecule has 0 aliphatic carbocycles. The Kier molecular flexibility index (Phi) is 5.44. The van der Waals surface area contributed by atoms with Gasteiger partial charge < -0.3 is 4.74 Å². The monoisotopic (exact) mass is 280 g/mol. The number of benzene rings is 1. The molecule has 0 saturated heterocycles. The first-order valence-electron chi connectivity index (χ1n) is 6.34. The van der Waals surface area contributed by atoms with Gasteiger partial charge in [-0.15, -0.1) is 0 Å². The molecule has 1 rings (SSSR count). The van der Waals surface area contributed by atoms with Crippen molar-refractivity contribution in [2.24, 2.45) is 5.41 Å². The first-order valence-corrected chi connectivity index (χ1v) is 6.34. The highest BCUT2D eigenvalue weighted by Gasteiger charge is 2.17. The molecule has 108 valence electrons. The van der Waals surface area contributed by atoms with E-state index in [0.29, 0.717) is 6.42 Å². The lowest BCUT2D eigenvalue weighted by molar-refractivity contribution is -0.385. The highest BCUT2D eigenvalue weighted by atomic mass is 19.1. The third-order valence-corrected chi connectivity index (χ3v) is 2.87. The predicted molar refractivity (Wildman–Crippen MR) is 71.8 cm³/mol. The second kappa shape index (κ2) is 6.85. The summed E-state index contributed by atoms with van der Waals surface area (Å²) in [5.41, 5.74) is -0.631. The quantitative estimate of drug-likeness (QED) is 0.432. The summed E-state index contributed by atoms with van der Waals surface area (Å²) >= 11 is 0. The largest absolute Gasteiger partial charge is 0.487 e. The smallest absolute Gasteiger partial charge is 0.311 e. The van der Waals surface area contributed by atoms with E-state index >= 15 is 0 Å². The van der Waals surface area contributed by atoms with Gasteiger partial charge in [-0.2, -0.15) is 5.26 Å². The number of nitro groups is 1. The molecule has 0 N–H and O–H groups in total. The highest BCUT2D eigenvalue weighted by Crippen LogP contribution is 2.28. The molecule has 1 aromatic carbocycles. The molecule has 0 aliphatic heterocycles. The molecule has 0 heterocycles. The summed E-state index contributed by atoms with van der Waals surface area (Å²) in [4.78, 5) is 10.2. The van der Waals surface area contributed by atoms with Gasteiger partial charge in [0.05, 0.1) is 23.0 Å². The SMILES string of the molecule is CC(C)(C#N)CCCCOc1cc(F)ccc1[N+](=O)[O-]. The first-order chi connectivity index (χ1) is 9.35. The lowest BCUT2D eigenvalue weighted by Gasteiger charge is -2.14. The van der Waals surface area contributed by atoms with E-state index in [4.69, 9.17) is 10.00 Å². The summed E-state index contributed by atoms with van der Waals surface area (Å²) < 4.78 is 18.3. The Labute approximate surface area is 117 Å².